The van der Waals surface area contributed by atoms with Gasteiger partial charge < -0.3 is 10.6 Å². The highest BCUT2D eigenvalue weighted by molar-refractivity contribution is 7.14. The van der Waals surface area contributed by atoms with Crippen LogP contribution >= 0.6 is 11.3 Å². The fourth-order valence-electron chi connectivity index (χ4n) is 2.72. The third-order valence-electron chi connectivity index (χ3n) is 4.09. The first-order chi connectivity index (χ1) is 12.0. The predicted molar refractivity (Wildman–Crippen MR) is 107 cm³/mol. The molecule has 0 unspecified atom stereocenters. The third-order valence-corrected chi connectivity index (χ3v) is 4.85. The Hall–Kier alpha value is -2.21. The van der Waals surface area contributed by atoms with Gasteiger partial charge in [-0.3, -0.25) is 9.59 Å². The minimum absolute atomic E-state index is 0.161. The van der Waals surface area contributed by atoms with Crippen LogP contribution in [0.1, 0.15) is 44.4 Å². The quantitative estimate of drug-likeness (QED) is 0.843. The van der Waals surface area contributed by atoms with E-state index in [-0.39, 0.29) is 11.8 Å². The lowest BCUT2D eigenvalue weighted by Gasteiger charge is -2.21. The van der Waals surface area contributed by atoms with E-state index in [1.54, 1.807) is 6.92 Å². The van der Waals surface area contributed by atoms with E-state index in [9.17, 15) is 9.59 Å². The molecule has 0 bridgehead atoms. The number of hydrogen-bond acceptors (Lipinski definition) is 4. The summed E-state index contributed by atoms with van der Waals surface area (Å²) in [6.45, 7) is 13.3. The summed E-state index contributed by atoms with van der Waals surface area (Å²) < 4.78 is 0. The van der Waals surface area contributed by atoms with Crippen molar-refractivity contribution in [1.29, 1.82) is 0 Å². The number of aromatic nitrogens is 1. The first-order valence-corrected chi connectivity index (χ1v) is 9.52. The van der Waals surface area contributed by atoms with E-state index in [4.69, 9.17) is 0 Å². The first kappa shape index (κ1) is 20.1. The molecule has 0 aliphatic heterocycles. The lowest BCUT2D eigenvalue weighted by Crippen LogP contribution is -2.46. The van der Waals surface area contributed by atoms with Gasteiger partial charge in [-0.2, -0.15) is 0 Å². The molecule has 1 heterocycles. The molecule has 2 rings (SSSR count). The Balaban J connectivity index is 2.11. The summed E-state index contributed by atoms with van der Waals surface area (Å²) in [5.74, 6) is -0.438. The molecule has 0 aliphatic rings. The maximum atomic E-state index is 12.3. The molecule has 6 heteroatoms. The fourth-order valence-corrected chi connectivity index (χ4v) is 3.43. The van der Waals surface area contributed by atoms with Crippen molar-refractivity contribution in [1.82, 2.24) is 10.3 Å². The number of carbonyl (C=O) groups is 2. The van der Waals surface area contributed by atoms with Gasteiger partial charge >= 0.3 is 0 Å². The molecule has 2 amide bonds. The summed E-state index contributed by atoms with van der Waals surface area (Å²) in [7, 11) is 0. The summed E-state index contributed by atoms with van der Waals surface area (Å²) >= 11 is 1.38. The average Bonchev–Trinajstić information content (AvgIpc) is 2.93. The van der Waals surface area contributed by atoms with Crippen LogP contribution in [0.15, 0.2) is 17.5 Å². The Labute approximate surface area is 159 Å². The molecule has 0 radical (unpaired) electrons. The van der Waals surface area contributed by atoms with Crippen LogP contribution in [0.25, 0.3) is 11.3 Å². The van der Waals surface area contributed by atoms with E-state index in [1.807, 2.05) is 26.2 Å². The number of benzene rings is 1. The molecule has 0 saturated carbocycles. The Morgan fingerprint density at radius 3 is 2.23 bits per heavy atom. The van der Waals surface area contributed by atoms with E-state index in [0.29, 0.717) is 5.13 Å². The number of thiazole rings is 1. The molecule has 0 saturated heterocycles. The van der Waals surface area contributed by atoms with Gasteiger partial charge in [0, 0.05) is 16.4 Å². The van der Waals surface area contributed by atoms with Gasteiger partial charge in [0.2, 0.25) is 11.8 Å². The van der Waals surface area contributed by atoms with Crippen molar-refractivity contribution in [3.8, 4) is 11.3 Å². The molecular formula is C20H27N3O2S. The third kappa shape index (κ3) is 4.69. The molecule has 0 spiro atoms. The van der Waals surface area contributed by atoms with Gasteiger partial charge in [0.15, 0.2) is 5.13 Å². The van der Waals surface area contributed by atoms with Gasteiger partial charge in [-0.15, -0.1) is 11.3 Å². The highest BCUT2D eigenvalue weighted by Gasteiger charge is 2.25. The Morgan fingerprint density at radius 1 is 1.12 bits per heavy atom. The van der Waals surface area contributed by atoms with E-state index in [0.717, 1.165) is 22.4 Å². The Kier molecular flexibility index (Phi) is 5.86. The first-order valence-electron chi connectivity index (χ1n) is 8.64. The highest BCUT2D eigenvalue weighted by atomic mass is 32.1. The predicted octanol–water partition coefficient (Wildman–Crippen LogP) is 4.22. The zero-order valence-corrected chi connectivity index (χ0v) is 17.3. The summed E-state index contributed by atoms with van der Waals surface area (Å²) in [5, 5.41) is 7.99. The lowest BCUT2D eigenvalue weighted by molar-refractivity contribution is -0.131. The lowest BCUT2D eigenvalue weighted by atomic mass is 9.95. The SMILES string of the molecule is Cc1cc(C)c(-c2csc(NC(=O)[C@H](C)NC(=O)C(C)(C)C)n2)c(C)c1. The van der Waals surface area contributed by atoms with Crippen LogP contribution < -0.4 is 10.6 Å². The Bertz CT molecular complexity index is 811. The smallest absolute Gasteiger partial charge is 0.248 e. The zero-order valence-electron chi connectivity index (χ0n) is 16.5. The molecular weight excluding hydrogens is 346 g/mol. The van der Waals surface area contributed by atoms with E-state index in [1.165, 1.54) is 16.9 Å². The normalized spacial score (nSPS) is 12.6. The summed E-state index contributed by atoms with van der Waals surface area (Å²) in [5.41, 5.74) is 4.96. The number of aryl methyl sites for hydroxylation is 3. The molecule has 1 aromatic heterocycles. The number of rotatable bonds is 4. The minimum atomic E-state index is -0.628. The summed E-state index contributed by atoms with van der Waals surface area (Å²) in [6, 6.07) is 3.63. The van der Waals surface area contributed by atoms with Crippen molar-refractivity contribution < 1.29 is 9.59 Å². The molecule has 1 atom stereocenters. The van der Waals surface area contributed by atoms with Crippen LogP contribution in [0.5, 0.6) is 0 Å². The van der Waals surface area contributed by atoms with Crippen LogP contribution in [0.3, 0.4) is 0 Å². The molecule has 1 aromatic carbocycles. The van der Waals surface area contributed by atoms with Gasteiger partial charge in [0.25, 0.3) is 0 Å². The van der Waals surface area contributed by atoms with Crippen molar-refractivity contribution in [2.24, 2.45) is 5.41 Å². The number of nitrogens with one attached hydrogen (secondary N) is 2. The monoisotopic (exact) mass is 373 g/mol. The van der Waals surface area contributed by atoms with Gasteiger partial charge in [-0.25, -0.2) is 4.98 Å². The number of hydrogen-bond donors (Lipinski definition) is 2. The van der Waals surface area contributed by atoms with Gasteiger partial charge in [0.05, 0.1) is 5.69 Å². The maximum absolute atomic E-state index is 12.3. The summed E-state index contributed by atoms with van der Waals surface area (Å²) in [6.07, 6.45) is 0. The minimum Gasteiger partial charge on any atom is -0.344 e. The van der Waals surface area contributed by atoms with E-state index in [2.05, 4.69) is 48.5 Å². The standard InChI is InChI=1S/C20H27N3O2S/c1-11-8-12(2)16(13(3)9-11)15-10-26-19(22-15)23-17(24)14(4)21-18(25)20(5,6)7/h8-10,14H,1-7H3,(H,21,25)(H,22,23,24)/t14-/m0/s1. The van der Waals surface area contributed by atoms with Crippen molar-refractivity contribution in [2.45, 2.75) is 54.5 Å². The largest absolute Gasteiger partial charge is 0.344 e. The maximum Gasteiger partial charge on any atom is 0.248 e. The van der Waals surface area contributed by atoms with Crippen LogP contribution in [-0.4, -0.2) is 22.8 Å². The number of amides is 2. The topological polar surface area (TPSA) is 71.1 Å². The average molecular weight is 374 g/mol. The fraction of sp³-hybridized carbons (Fsp3) is 0.450. The van der Waals surface area contributed by atoms with Gasteiger partial charge in [0.1, 0.15) is 6.04 Å². The van der Waals surface area contributed by atoms with Crippen LogP contribution in [-0.2, 0) is 9.59 Å². The zero-order chi connectivity index (χ0) is 19.6. The molecule has 2 aromatic rings. The summed E-state index contributed by atoms with van der Waals surface area (Å²) in [4.78, 5) is 28.9. The van der Waals surface area contributed by atoms with Crippen LogP contribution in [0.2, 0.25) is 0 Å². The van der Waals surface area contributed by atoms with Crippen LogP contribution in [0, 0.1) is 26.2 Å². The molecule has 2 N–H and O–H groups in total. The van der Waals surface area contributed by atoms with Crippen molar-refractivity contribution in [3.05, 3.63) is 34.2 Å². The molecule has 0 aliphatic carbocycles. The number of nitrogens with zero attached hydrogens (tertiary/aromatic N) is 1. The molecule has 5 nitrogen and oxygen atoms in total. The molecule has 26 heavy (non-hydrogen) atoms. The molecule has 0 fully saturated rings. The van der Waals surface area contributed by atoms with E-state index >= 15 is 0 Å². The van der Waals surface area contributed by atoms with Gasteiger partial charge in [-0.1, -0.05) is 38.5 Å². The van der Waals surface area contributed by atoms with E-state index < -0.39 is 11.5 Å². The van der Waals surface area contributed by atoms with Crippen molar-refractivity contribution in [3.63, 3.8) is 0 Å². The van der Waals surface area contributed by atoms with Crippen LogP contribution in [0.4, 0.5) is 5.13 Å². The highest BCUT2D eigenvalue weighted by Crippen LogP contribution is 2.31. The second-order valence-electron chi connectivity index (χ2n) is 7.75. The molecule has 140 valence electrons. The van der Waals surface area contributed by atoms with Crippen molar-refractivity contribution >= 4 is 28.3 Å². The number of carbonyl (C=O) groups excluding carboxylic acids is 2. The van der Waals surface area contributed by atoms with Crippen molar-refractivity contribution in [2.75, 3.05) is 5.32 Å². The second-order valence-corrected chi connectivity index (χ2v) is 8.60. The second kappa shape index (κ2) is 7.58. The van der Waals surface area contributed by atoms with Gasteiger partial charge in [-0.05, 0) is 38.8 Å². The Morgan fingerprint density at radius 2 is 1.69 bits per heavy atom. The number of anilines is 1.